The Kier molecular flexibility index (Phi) is 6.99. The third kappa shape index (κ3) is 5.96. The second kappa shape index (κ2) is 9.48. The monoisotopic (exact) mass is 412 g/mol. The number of ether oxygens (including phenoxy) is 1. The van der Waals surface area contributed by atoms with Crippen molar-refractivity contribution in [3.8, 4) is 6.07 Å². The van der Waals surface area contributed by atoms with Gasteiger partial charge in [0.15, 0.2) is 0 Å². The molecule has 2 fully saturated rings. The highest BCUT2D eigenvalue weighted by atomic mass is 16.6. The molecule has 2 aliphatic rings. The van der Waals surface area contributed by atoms with Crippen LogP contribution in [0.4, 0.5) is 4.79 Å². The van der Waals surface area contributed by atoms with Gasteiger partial charge >= 0.3 is 6.09 Å². The molecule has 1 atom stereocenters. The van der Waals surface area contributed by atoms with E-state index in [9.17, 15) is 9.59 Å². The zero-order valence-corrected chi connectivity index (χ0v) is 18.3. The molecule has 0 aromatic heterocycles. The van der Waals surface area contributed by atoms with Crippen LogP contribution in [0.25, 0.3) is 0 Å². The highest BCUT2D eigenvalue weighted by Gasteiger charge is 2.34. The van der Waals surface area contributed by atoms with Crippen LogP contribution in [-0.4, -0.2) is 71.6 Å². The molecule has 0 radical (unpaired) electrons. The summed E-state index contributed by atoms with van der Waals surface area (Å²) in [6.45, 7) is 10.6. The summed E-state index contributed by atoms with van der Waals surface area (Å²) in [4.78, 5) is 31.4. The Bertz CT molecular complexity index is 786. The first kappa shape index (κ1) is 22.1. The second-order valence-electron chi connectivity index (χ2n) is 9.18. The molecular weight excluding hydrogens is 380 g/mol. The molecule has 7 heteroatoms. The first-order chi connectivity index (χ1) is 14.2. The van der Waals surface area contributed by atoms with E-state index in [1.165, 1.54) is 5.56 Å². The molecule has 0 saturated carbocycles. The van der Waals surface area contributed by atoms with Crippen molar-refractivity contribution < 1.29 is 14.3 Å². The average Bonchev–Trinajstić information content (AvgIpc) is 2.73. The minimum absolute atomic E-state index is 0.142. The molecule has 2 amide bonds. The summed E-state index contributed by atoms with van der Waals surface area (Å²) in [5.41, 5.74) is 1.32. The molecule has 162 valence electrons. The molecule has 0 spiro atoms. The van der Waals surface area contributed by atoms with E-state index in [0.717, 1.165) is 32.5 Å². The average molecular weight is 413 g/mol. The lowest BCUT2D eigenvalue weighted by Crippen LogP contribution is -2.53. The van der Waals surface area contributed by atoms with E-state index >= 15 is 0 Å². The van der Waals surface area contributed by atoms with Gasteiger partial charge in [-0.3, -0.25) is 9.69 Å². The zero-order chi connectivity index (χ0) is 21.7. The number of carbonyl (C=O) groups is 2. The molecule has 3 rings (SSSR count). The van der Waals surface area contributed by atoms with E-state index in [4.69, 9.17) is 10.00 Å². The van der Waals surface area contributed by atoms with Crippen LogP contribution in [0.15, 0.2) is 24.3 Å². The molecule has 0 bridgehead atoms. The van der Waals surface area contributed by atoms with Gasteiger partial charge in [-0.25, -0.2) is 4.79 Å². The summed E-state index contributed by atoms with van der Waals surface area (Å²) < 4.78 is 5.47. The van der Waals surface area contributed by atoms with Crippen molar-refractivity contribution in [3.05, 3.63) is 35.4 Å². The first-order valence-corrected chi connectivity index (χ1v) is 10.7. The number of rotatable bonds is 3. The number of hydrogen-bond acceptors (Lipinski definition) is 5. The lowest BCUT2D eigenvalue weighted by Gasteiger charge is -2.39. The molecular formula is C23H32N4O3. The predicted octanol–water partition coefficient (Wildman–Crippen LogP) is 2.85. The summed E-state index contributed by atoms with van der Waals surface area (Å²) in [7, 11) is 0. The fourth-order valence-electron chi connectivity index (χ4n) is 4.00. The van der Waals surface area contributed by atoms with E-state index in [-0.39, 0.29) is 17.9 Å². The lowest BCUT2D eigenvalue weighted by atomic mass is 9.96. The largest absolute Gasteiger partial charge is 0.444 e. The quantitative estimate of drug-likeness (QED) is 0.763. The van der Waals surface area contributed by atoms with Crippen molar-refractivity contribution in [1.82, 2.24) is 14.7 Å². The maximum absolute atomic E-state index is 13.0. The highest BCUT2D eigenvalue weighted by molar-refractivity contribution is 5.80. The molecule has 1 aromatic rings. The zero-order valence-electron chi connectivity index (χ0n) is 18.3. The number of likely N-dealkylation sites (tertiary alicyclic amines) is 1. The highest BCUT2D eigenvalue weighted by Crippen LogP contribution is 2.22. The van der Waals surface area contributed by atoms with Crippen molar-refractivity contribution in [3.63, 3.8) is 0 Å². The summed E-state index contributed by atoms with van der Waals surface area (Å²) in [6, 6.07) is 9.80. The molecule has 0 N–H and O–H groups in total. The third-order valence-corrected chi connectivity index (χ3v) is 5.60. The number of carbonyl (C=O) groups excluding carboxylic acids is 2. The minimum atomic E-state index is -0.528. The Balaban J connectivity index is 1.48. The minimum Gasteiger partial charge on any atom is -0.444 e. The maximum Gasteiger partial charge on any atom is 0.410 e. The van der Waals surface area contributed by atoms with E-state index in [1.807, 2.05) is 49.9 Å². The Morgan fingerprint density at radius 3 is 2.33 bits per heavy atom. The smallest absolute Gasteiger partial charge is 0.410 e. The van der Waals surface area contributed by atoms with E-state index < -0.39 is 5.60 Å². The molecule has 1 unspecified atom stereocenters. The molecule has 30 heavy (non-hydrogen) atoms. The van der Waals surface area contributed by atoms with Crippen LogP contribution in [0.3, 0.4) is 0 Å². The van der Waals surface area contributed by atoms with E-state index in [2.05, 4.69) is 11.0 Å². The van der Waals surface area contributed by atoms with Crippen molar-refractivity contribution in [2.45, 2.75) is 45.8 Å². The van der Waals surface area contributed by atoms with Gasteiger partial charge in [-0.15, -0.1) is 0 Å². The third-order valence-electron chi connectivity index (χ3n) is 5.60. The van der Waals surface area contributed by atoms with Crippen molar-refractivity contribution >= 4 is 12.0 Å². The van der Waals surface area contributed by atoms with Crippen molar-refractivity contribution in [2.24, 2.45) is 5.92 Å². The van der Waals surface area contributed by atoms with E-state index in [1.54, 1.807) is 4.90 Å². The van der Waals surface area contributed by atoms with Crippen LogP contribution >= 0.6 is 0 Å². The number of amides is 2. The summed E-state index contributed by atoms with van der Waals surface area (Å²) >= 11 is 0. The van der Waals surface area contributed by atoms with Crippen LogP contribution in [-0.2, 0) is 16.1 Å². The van der Waals surface area contributed by atoms with Gasteiger partial charge in [-0.05, 0) is 51.3 Å². The summed E-state index contributed by atoms with van der Waals surface area (Å²) in [6.07, 6.45) is 1.32. The number of nitrogens with zero attached hydrogens (tertiary/aromatic N) is 4. The molecule has 1 aromatic carbocycles. The number of piperidine rings is 1. The van der Waals surface area contributed by atoms with Gasteiger partial charge in [0.2, 0.25) is 5.91 Å². The number of piperazine rings is 1. The molecule has 7 nitrogen and oxygen atoms in total. The van der Waals surface area contributed by atoms with Crippen LogP contribution in [0.1, 0.15) is 44.7 Å². The lowest BCUT2D eigenvalue weighted by molar-refractivity contribution is -0.139. The molecule has 0 aliphatic carbocycles. The van der Waals surface area contributed by atoms with Crippen LogP contribution < -0.4 is 0 Å². The number of benzene rings is 1. The molecule has 2 aliphatic heterocycles. The topological polar surface area (TPSA) is 76.9 Å². The maximum atomic E-state index is 13.0. The van der Waals surface area contributed by atoms with Gasteiger partial charge in [0.25, 0.3) is 0 Å². The normalized spacial score (nSPS) is 20.5. The Labute approximate surface area is 179 Å². The standard InChI is InChI=1S/C23H32N4O3/c1-23(2,3)30-22(29)27-10-4-5-20(17-27)21(28)26-13-11-25(12-14-26)16-19-8-6-18(15-24)7-9-19/h6-9,20H,4-5,10-14,16-17H2,1-3H3. The predicted molar refractivity (Wildman–Crippen MR) is 114 cm³/mol. The van der Waals surface area contributed by atoms with Gasteiger partial charge in [0.1, 0.15) is 5.60 Å². The van der Waals surface area contributed by atoms with Crippen LogP contribution in [0.2, 0.25) is 0 Å². The van der Waals surface area contributed by atoms with Crippen LogP contribution in [0.5, 0.6) is 0 Å². The first-order valence-electron chi connectivity index (χ1n) is 10.7. The Morgan fingerprint density at radius 2 is 1.73 bits per heavy atom. The Morgan fingerprint density at radius 1 is 1.07 bits per heavy atom. The van der Waals surface area contributed by atoms with Gasteiger partial charge in [-0.1, -0.05) is 12.1 Å². The van der Waals surface area contributed by atoms with E-state index in [0.29, 0.717) is 31.7 Å². The van der Waals surface area contributed by atoms with Crippen molar-refractivity contribution in [1.29, 1.82) is 5.26 Å². The van der Waals surface area contributed by atoms with Gasteiger partial charge in [0.05, 0.1) is 17.6 Å². The van der Waals surface area contributed by atoms with Gasteiger partial charge < -0.3 is 14.5 Å². The van der Waals surface area contributed by atoms with Crippen molar-refractivity contribution in [2.75, 3.05) is 39.3 Å². The summed E-state index contributed by atoms with van der Waals surface area (Å²) in [5, 5.41) is 8.91. The molecule has 2 saturated heterocycles. The van der Waals surface area contributed by atoms with Gasteiger partial charge in [0, 0.05) is 45.8 Å². The SMILES string of the molecule is CC(C)(C)OC(=O)N1CCCC(C(=O)N2CCN(Cc3ccc(C#N)cc3)CC2)C1. The Hall–Kier alpha value is -2.59. The fraction of sp³-hybridized carbons (Fsp3) is 0.609. The van der Waals surface area contributed by atoms with Gasteiger partial charge in [-0.2, -0.15) is 5.26 Å². The number of hydrogen-bond donors (Lipinski definition) is 0. The second-order valence-corrected chi connectivity index (χ2v) is 9.18. The molecule has 2 heterocycles. The number of nitriles is 1. The summed E-state index contributed by atoms with van der Waals surface area (Å²) in [5.74, 6) is 0.0117. The fourth-order valence-corrected chi connectivity index (χ4v) is 4.00. The van der Waals surface area contributed by atoms with Crippen LogP contribution in [0, 0.1) is 17.2 Å².